The van der Waals surface area contributed by atoms with E-state index in [1.54, 1.807) is 12.1 Å². The van der Waals surface area contributed by atoms with Gasteiger partial charge < -0.3 is 14.8 Å². The highest BCUT2D eigenvalue weighted by Crippen LogP contribution is 2.34. The topological polar surface area (TPSA) is 84.9 Å². The molecule has 3 aromatic carbocycles. The maximum absolute atomic E-state index is 13.6. The Labute approximate surface area is 198 Å². The Hall–Kier alpha value is -3.59. The molecule has 0 saturated heterocycles. The number of anilines is 2. The third kappa shape index (κ3) is 5.14. The molecule has 3 aromatic rings. The first kappa shape index (κ1) is 23.6. The molecule has 1 N–H and O–H groups in total. The van der Waals surface area contributed by atoms with E-state index in [-0.39, 0.29) is 10.6 Å². The van der Waals surface area contributed by atoms with E-state index in [9.17, 15) is 17.6 Å². The van der Waals surface area contributed by atoms with Gasteiger partial charge in [0.25, 0.3) is 10.0 Å². The van der Waals surface area contributed by atoms with Crippen molar-refractivity contribution < 1.29 is 27.1 Å². The van der Waals surface area contributed by atoms with Crippen LogP contribution in [0.5, 0.6) is 11.5 Å². The maximum Gasteiger partial charge on any atom is 0.264 e. The van der Waals surface area contributed by atoms with Crippen molar-refractivity contribution in [2.75, 3.05) is 29.4 Å². The van der Waals surface area contributed by atoms with Crippen LogP contribution in [0.15, 0.2) is 71.6 Å². The van der Waals surface area contributed by atoms with Gasteiger partial charge >= 0.3 is 0 Å². The van der Waals surface area contributed by atoms with Crippen LogP contribution in [0.3, 0.4) is 0 Å². The molecule has 0 atom stereocenters. The summed E-state index contributed by atoms with van der Waals surface area (Å²) < 4.78 is 52.6. The summed E-state index contributed by atoms with van der Waals surface area (Å²) in [6, 6.07) is 16.5. The summed E-state index contributed by atoms with van der Waals surface area (Å²) in [5, 5.41) is 2.73. The van der Waals surface area contributed by atoms with Gasteiger partial charge in [-0.25, -0.2) is 12.8 Å². The Morgan fingerprint density at radius 2 is 1.62 bits per heavy atom. The number of sulfonamides is 1. The molecule has 1 aliphatic heterocycles. The van der Waals surface area contributed by atoms with E-state index in [4.69, 9.17) is 9.47 Å². The molecule has 1 aliphatic rings. The molecule has 1 amide bonds. The molecule has 9 heteroatoms. The SMILES string of the molecule is CC(C)c1ccc(NC(=O)CN(c2ccc(F)cc2)S(=O)(=O)c2ccc3c(c2)OCCO3)cc1. The molecule has 1 heterocycles. The van der Waals surface area contributed by atoms with Crippen molar-refractivity contribution in [1.82, 2.24) is 0 Å². The average molecular weight is 485 g/mol. The largest absolute Gasteiger partial charge is 0.486 e. The Morgan fingerprint density at radius 1 is 0.971 bits per heavy atom. The first-order valence-corrected chi connectivity index (χ1v) is 12.3. The van der Waals surface area contributed by atoms with E-state index in [2.05, 4.69) is 19.2 Å². The van der Waals surface area contributed by atoms with Crippen LogP contribution in [-0.4, -0.2) is 34.1 Å². The number of carbonyl (C=O) groups is 1. The highest BCUT2D eigenvalue weighted by atomic mass is 32.2. The van der Waals surface area contributed by atoms with Crippen molar-refractivity contribution >= 4 is 27.3 Å². The van der Waals surface area contributed by atoms with Crippen molar-refractivity contribution in [1.29, 1.82) is 0 Å². The zero-order valence-electron chi connectivity index (χ0n) is 18.8. The number of fused-ring (bicyclic) bond motifs is 1. The number of amides is 1. The van der Waals surface area contributed by atoms with E-state index in [1.807, 2.05) is 12.1 Å². The van der Waals surface area contributed by atoms with Crippen LogP contribution in [-0.2, 0) is 14.8 Å². The van der Waals surface area contributed by atoms with Crippen LogP contribution in [0.25, 0.3) is 0 Å². The monoisotopic (exact) mass is 484 g/mol. The zero-order chi connectivity index (χ0) is 24.3. The summed E-state index contributed by atoms with van der Waals surface area (Å²) in [5.74, 6) is 0.0370. The van der Waals surface area contributed by atoms with Gasteiger partial charge in [-0.3, -0.25) is 9.10 Å². The van der Waals surface area contributed by atoms with Crippen LogP contribution >= 0.6 is 0 Å². The molecule has 0 aliphatic carbocycles. The second-order valence-corrected chi connectivity index (χ2v) is 9.98. The molecule has 0 bridgehead atoms. The predicted octanol–water partition coefficient (Wildman–Crippen LogP) is 4.55. The minimum atomic E-state index is -4.19. The summed E-state index contributed by atoms with van der Waals surface area (Å²) in [4.78, 5) is 12.8. The summed E-state index contributed by atoms with van der Waals surface area (Å²) in [6.45, 7) is 4.30. The molecule has 0 radical (unpaired) electrons. The number of rotatable bonds is 7. The van der Waals surface area contributed by atoms with Crippen LogP contribution in [0.1, 0.15) is 25.3 Å². The number of halogens is 1. The van der Waals surface area contributed by atoms with E-state index in [1.165, 1.54) is 30.3 Å². The van der Waals surface area contributed by atoms with Crippen LogP contribution < -0.4 is 19.1 Å². The lowest BCUT2D eigenvalue weighted by Crippen LogP contribution is -2.38. The highest BCUT2D eigenvalue weighted by Gasteiger charge is 2.29. The fraction of sp³-hybridized carbons (Fsp3) is 0.240. The number of ether oxygens (including phenoxy) is 2. The fourth-order valence-electron chi connectivity index (χ4n) is 3.52. The lowest BCUT2D eigenvalue weighted by Gasteiger charge is -2.25. The Kier molecular flexibility index (Phi) is 6.74. The van der Waals surface area contributed by atoms with Gasteiger partial charge in [0.2, 0.25) is 5.91 Å². The van der Waals surface area contributed by atoms with E-state index in [0.29, 0.717) is 36.3 Å². The normalized spacial score (nSPS) is 12.9. The molecule has 0 spiro atoms. The minimum Gasteiger partial charge on any atom is -0.486 e. The maximum atomic E-state index is 13.6. The summed E-state index contributed by atoms with van der Waals surface area (Å²) in [6.07, 6.45) is 0. The molecule has 7 nitrogen and oxygen atoms in total. The number of nitrogens with one attached hydrogen (secondary N) is 1. The van der Waals surface area contributed by atoms with Gasteiger partial charge in [0, 0.05) is 11.8 Å². The minimum absolute atomic E-state index is 0.0739. The van der Waals surface area contributed by atoms with Gasteiger partial charge in [0.1, 0.15) is 25.6 Å². The Morgan fingerprint density at radius 3 is 2.26 bits per heavy atom. The van der Waals surface area contributed by atoms with Crippen molar-refractivity contribution in [3.63, 3.8) is 0 Å². The standard InChI is InChI=1S/C25H25FN2O5S/c1-17(2)18-3-7-20(8-4-18)27-25(29)16-28(21-9-5-19(26)6-10-21)34(30,31)22-11-12-23-24(15-22)33-14-13-32-23/h3-12,15,17H,13-14,16H2,1-2H3,(H,27,29). The van der Waals surface area contributed by atoms with Gasteiger partial charge in [0.15, 0.2) is 11.5 Å². The van der Waals surface area contributed by atoms with Crippen LogP contribution in [0, 0.1) is 5.82 Å². The van der Waals surface area contributed by atoms with Gasteiger partial charge in [-0.1, -0.05) is 26.0 Å². The number of carbonyl (C=O) groups excluding carboxylic acids is 1. The molecule has 0 unspecified atom stereocenters. The molecular formula is C25H25FN2O5S. The van der Waals surface area contributed by atoms with Crippen molar-refractivity contribution in [3.05, 3.63) is 78.1 Å². The van der Waals surface area contributed by atoms with Crippen LogP contribution in [0.4, 0.5) is 15.8 Å². The highest BCUT2D eigenvalue weighted by molar-refractivity contribution is 7.92. The van der Waals surface area contributed by atoms with Crippen molar-refractivity contribution in [2.24, 2.45) is 0 Å². The average Bonchev–Trinajstić information content (AvgIpc) is 2.83. The number of benzene rings is 3. The first-order chi connectivity index (χ1) is 16.2. The quantitative estimate of drug-likeness (QED) is 0.532. The summed E-state index contributed by atoms with van der Waals surface area (Å²) in [5.41, 5.74) is 1.82. The molecule has 4 rings (SSSR count). The predicted molar refractivity (Wildman–Crippen MR) is 128 cm³/mol. The molecule has 34 heavy (non-hydrogen) atoms. The third-order valence-electron chi connectivity index (χ3n) is 5.36. The smallest absolute Gasteiger partial charge is 0.264 e. The lowest BCUT2D eigenvalue weighted by atomic mass is 10.0. The molecule has 0 fully saturated rings. The number of hydrogen-bond donors (Lipinski definition) is 1. The van der Waals surface area contributed by atoms with E-state index < -0.39 is 28.3 Å². The number of nitrogens with zero attached hydrogens (tertiary/aromatic N) is 1. The second-order valence-electron chi connectivity index (χ2n) is 8.12. The molecule has 178 valence electrons. The Balaban J connectivity index is 1.62. The van der Waals surface area contributed by atoms with Gasteiger partial charge in [0.05, 0.1) is 10.6 Å². The summed E-state index contributed by atoms with van der Waals surface area (Å²) in [7, 11) is -4.19. The van der Waals surface area contributed by atoms with E-state index >= 15 is 0 Å². The lowest BCUT2D eigenvalue weighted by molar-refractivity contribution is -0.114. The van der Waals surface area contributed by atoms with Crippen LogP contribution in [0.2, 0.25) is 0 Å². The fourth-order valence-corrected chi connectivity index (χ4v) is 4.95. The van der Waals surface area contributed by atoms with Gasteiger partial charge in [-0.15, -0.1) is 0 Å². The summed E-state index contributed by atoms with van der Waals surface area (Å²) >= 11 is 0. The van der Waals surface area contributed by atoms with Gasteiger partial charge in [-0.05, 0) is 60.0 Å². The van der Waals surface area contributed by atoms with Crippen molar-refractivity contribution in [3.8, 4) is 11.5 Å². The second kappa shape index (κ2) is 9.72. The Bertz CT molecular complexity index is 1280. The zero-order valence-corrected chi connectivity index (χ0v) is 19.6. The molecule has 0 saturated carbocycles. The third-order valence-corrected chi connectivity index (χ3v) is 7.13. The molecular weight excluding hydrogens is 459 g/mol. The first-order valence-electron chi connectivity index (χ1n) is 10.8. The van der Waals surface area contributed by atoms with Gasteiger partial charge in [-0.2, -0.15) is 0 Å². The number of hydrogen-bond acceptors (Lipinski definition) is 5. The van der Waals surface area contributed by atoms with E-state index in [0.717, 1.165) is 22.0 Å². The van der Waals surface area contributed by atoms with Crippen molar-refractivity contribution in [2.45, 2.75) is 24.7 Å². The molecule has 0 aromatic heterocycles.